The molecule has 0 spiro atoms. The van der Waals surface area contributed by atoms with Gasteiger partial charge in [-0.05, 0) is 29.8 Å². The van der Waals surface area contributed by atoms with Crippen molar-refractivity contribution in [3.05, 3.63) is 36.4 Å². The van der Waals surface area contributed by atoms with Gasteiger partial charge in [-0.25, -0.2) is 0 Å². The molecule has 0 radical (unpaired) electrons. The number of hydrogen-bond acceptors (Lipinski definition) is 2. The van der Waals surface area contributed by atoms with E-state index in [2.05, 4.69) is 0 Å². The Morgan fingerprint density at radius 1 is 1.07 bits per heavy atom. The zero-order valence-corrected chi connectivity index (χ0v) is 7.99. The Bertz CT molecular complexity index is 449. The first kappa shape index (κ1) is 8.88. The summed E-state index contributed by atoms with van der Waals surface area (Å²) in [6, 6.07) is 10.7. The molecule has 0 N–H and O–H groups in total. The summed E-state index contributed by atoms with van der Waals surface area (Å²) >= 11 is 0. The first-order chi connectivity index (χ1) is 6.79. The van der Waals surface area contributed by atoms with E-state index in [1.807, 2.05) is 31.2 Å². The van der Waals surface area contributed by atoms with E-state index in [4.69, 9.17) is 4.74 Å². The Labute approximate surface area is 82.8 Å². The molecule has 72 valence electrons. The number of fused-ring (bicyclic) bond motifs is 1. The van der Waals surface area contributed by atoms with Gasteiger partial charge in [0.25, 0.3) is 0 Å². The minimum atomic E-state index is 0.0432. The quantitative estimate of drug-likeness (QED) is 0.722. The van der Waals surface area contributed by atoms with Gasteiger partial charge in [0.1, 0.15) is 5.75 Å². The summed E-state index contributed by atoms with van der Waals surface area (Å²) in [5.41, 5.74) is 0. The molecule has 2 rings (SSSR count). The molecular formula is C12H11O2-. The third kappa shape index (κ3) is 1.64. The highest BCUT2D eigenvalue weighted by Crippen LogP contribution is 2.23. The molecule has 0 aliphatic heterocycles. The molecule has 0 unspecified atom stereocenters. The van der Waals surface area contributed by atoms with E-state index in [1.54, 1.807) is 12.1 Å². The lowest BCUT2D eigenvalue weighted by atomic mass is 10.1. The first-order valence-electron chi connectivity index (χ1n) is 4.63. The zero-order valence-electron chi connectivity index (χ0n) is 7.99. The zero-order chi connectivity index (χ0) is 9.97. The van der Waals surface area contributed by atoms with E-state index < -0.39 is 0 Å². The van der Waals surface area contributed by atoms with Crippen LogP contribution in [0.1, 0.15) is 6.92 Å². The van der Waals surface area contributed by atoms with Crippen molar-refractivity contribution in [2.24, 2.45) is 0 Å². The summed E-state index contributed by atoms with van der Waals surface area (Å²) in [5, 5.41) is 13.1. The van der Waals surface area contributed by atoms with Crippen LogP contribution in [0.2, 0.25) is 0 Å². The molecule has 2 aromatic rings. The highest BCUT2D eigenvalue weighted by molar-refractivity contribution is 5.85. The van der Waals surface area contributed by atoms with Crippen LogP contribution in [0.3, 0.4) is 0 Å². The summed E-state index contributed by atoms with van der Waals surface area (Å²) < 4.78 is 5.37. The first-order valence-corrected chi connectivity index (χ1v) is 4.63. The van der Waals surface area contributed by atoms with E-state index in [0.717, 1.165) is 16.5 Å². The predicted molar refractivity (Wildman–Crippen MR) is 54.6 cm³/mol. The second-order valence-corrected chi connectivity index (χ2v) is 3.10. The molecule has 0 atom stereocenters. The number of rotatable bonds is 2. The average molecular weight is 187 g/mol. The summed E-state index contributed by atoms with van der Waals surface area (Å²) in [6.07, 6.45) is 0. The van der Waals surface area contributed by atoms with Crippen LogP contribution in [0, 0.1) is 0 Å². The number of ether oxygens (including phenoxy) is 1. The lowest BCUT2D eigenvalue weighted by molar-refractivity contribution is -0.268. The summed E-state index contributed by atoms with van der Waals surface area (Å²) in [6.45, 7) is 2.61. The van der Waals surface area contributed by atoms with Gasteiger partial charge < -0.3 is 9.84 Å². The molecule has 0 aliphatic rings. The van der Waals surface area contributed by atoms with Gasteiger partial charge in [0.05, 0.1) is 6.61 Å². The third-order valence-corrected chi connectivity index (χ3v) is 2.09. The number of hydrogen-bond donors (Lipinski definition) is 0. The molecule has 0 amide bonds. The summed E-state index contributed by atoms with van der Waals surface area (Å²) in [5.74, 6) is 0.889. The van der Waals surface area contributed by atoms with Gasteiger partial charge in [0.2, 0.25) is 0 Å². The summed E-state index contributed by atoms with van der Waals surface area (Å²) in [7, 11) is 0. The van der Waals surface area contributed by atoms with Gasteiger partial charge in [-0.3, -0.25) is 0 Å². The average Bonchev–Trinajstić information content (AvgIpc) is 2.19. The van der Waals surface area contributed by atoms with Crippen molar-refractivity contribution in [3.63, 3.8) is 0 Å². The Morgan fingerprint density at radius 2 is 1.79 bits per heavy atom. The van der Waals surface area contributed by atoms with Crippen LogP contribution < -0.4 is 9.84 Å². The fraction of sp³-hybridized carbons (Fsp3) is 0.167. The molecule has 2 heteroatoms. The maximum Gasteiger partial charge on any atom is 0.119 e. The van der Waals surface area contributed by atoms with Crippen molar-refractivity contribution < 1.29 is 9.84 Å². The smallest absolute Gasteiger partial charge is 0.119 e. The van der Waals surface area contributed by atoms with Crippen LogP contribution in [0.4, 0.5) is 0 Å². The second kappa shape index (κ2) is 3.58. The van der Waals surface area contributed by atoms with Crippen molar-refractivity contribution in [1.29, 1.82) is 0 Å². The Balaban J connectivity index is 2.50. The molecule has 0 bridgehead atoms. The van der Waals surface area contributed by atoms with Crippen LogP contribution in [-0.4, -0.2) is 6.61 Å². The highest BCUT2D eigenvalue weighted by atomic mass is 16.5. The molecule has 0 heterocycles. The van der Waals surface area contributed by atoms with Gasteiger partial charge in [0, 0.05) is 0 Å². The van der Waals surface area contributed by atoms with Gasteiger partial charge in [-0.15, -0.1) is 5.75 Å². The van der Waals surface area contributed by atoms with E-state index in [1.165, 1.54) is 0 Å². The Morgan fingerprint density at radius 3 is 2.57 bits per heavy atom. The maximum atomic E-state index is 11.1. The minimum Gasteiger partial charge on any atom is -0.872 e. The molecule has 0 fully saturated rings. The molecule has 0 saturated carbocycles. The lowest BCUT2D eigenvalue weighted by Gasteiger charge is -2.08. The second-order valence-electron chi connectivity index (χ2n) is 3.10. The van der Waals surface area contributed by atoms with E-state index in [-0.39, 0.29) is 5.75 Å². The lowest BCUT2D eigenvalue weighted by Crippen LogP contribution is -1.91. The van der Waals surface area contributed by atoms with Crippen molar-refractivity contribution in [2.45, 2.75) is 6.92 Å². The molecule has 0 aromatic heterocycles. The third-order valence-electron chi connectivity index (χ3n) is 2.09. The van der Waals surface area contributed by atoms with Crippen LogP contribution in [0.5, 0.6) is 11.5 Å². The predicted octanol–water partition coefficient (Wildman–Crippen LogP) is 2.31. The topological polar surface area (TPSA) is 32.3 Å². The van der Waals surface area contributed by atoms with Gasteiger partial charge in [-0.1, -0.05) is 24.3 Å². The molecule has 0 aliphatic carbocycles. The molecule has 14 heavy (non-hydrogen) atoms. The monoisotopic (exact) mass is 187 g/mol. The van der Waals surface area contributed by atoms with Crippen molar-refractivity contribution >= 4 is 10.8 Å². The number of benzene rings is 2. The Kier molecular flexibility index (Phi) is 2.27. The van der Waals surface area contributed by atoms with Crippen molar-refractivity contribution in [2.75, 3.05) is 6.61 Å². The largest absolute Gasteiger partial charge is 0.872 e. The molecule has 2 aromatic carbocycles. The summed E-state index contributed by atoms with van der Waals surface area (Å²) in [4.78, 5) is 0. The van der Waals surface area contributed by atoms with Crippen LogP contribution in [0.15, 0.2) is 36.4 Å². The van der Waals surface area contributed by atoms with E-state index in [0.29, 0.717) is 6.61 Å². The van der Waals surface area contributed by atoms with Gasteiger partial charge in [0.15, 0.2) is 0 Å². The van der Waals surface area contributed by atoms with E-state index in [9.17, 15) is 5.11 Å². The SMILES string of the molecule is CCOc1ccc2cc([O-])ccc2c1. The van der Waals surface area contributed by atoms with Crippen molar-refractivity contribution in [3.8, 4) is 11.5 Å². The van der Waals surface area contributed by atoms with Crippen LogP contribution in [0.25, 0.3) is 10.8 Å². The fourth-order valence-electron chi connectivity index (χ4n) is 1.46. The van der Waals surface area contributed by atoms with Gasteiger partial charge >= 0.3 is 0 Å². The fourth-order valence-corrected chi connectivity index (χ4v) is 1.46. The van der Waals surface area contributed by atoms with Gasteiger partial charge in [-0.2, -0.15) is 0 Å². The Hall–Kier alpha value is -1.70. The van der Waals surface area contributed by atoms with Crippen molar-refractivity contribution in [1.82, 2.24) is 0 Å². The maximum absolute atomic E-state index is 11.1. The van der Waals surface area contributed by atoms with Crippen LogP contribution in [-0.2, 0) is 0 Å². The normalized spacial score (nSPS) is 10.4. The van der Waals surface area contributed by atoms with Crippen LogP contribution >= 0.6 is 0 Å². The molecule has 0 saturated heterocycles. The molecule has 2 nitrogen and oxygen atoms in total. The minimum absolute atomic E-state index is 0.0432. The molecular weight excluding hydrogens is 176 g/mol. The van der Waals surface area contributed by atoms with E-state index >= 15 is 0 Å². The highest BCUT2D eigenvalue weighted by Gasteiger charge is 1.95. The standard InChI is InChI=1S/C12H12O2/c1-2-14-12-6-4-9-7-11(13)5-3-10(9)8-12/h3-8,13H,2H2,1H3/p-1.